The molecule has 0 saturated heterocycles. The number of benzene rings is 1. The molecule has 0 unspecified atom stereocenters. The molecule has 12 heavy (non-hydrogen) atoms. The summed E-state index contributed by atoms with van der Waals surface area (Å²) in [6.45, 7) is 6.42. The average Bonchev–Trinajstić information content (AvgIpc) is 2.07. The molecule has 1 N–H and O–H groups in total. The maximum atomic E-state index is 5.25. The fraction of sp³-hybridized carbons (Fsp3) is 0.200. The minimum atomic E-state index is 0.628. The van der Waals surface area contributed by atoms with Crippen molar-refractivity contribution in [3.63, 3.8) is 0 Å². The molecule has 1 aromatic rings. The van der Waals surface area contributed by atoms with Gasteiger partial charge in [0.1, 0.15) is 6.61 Å². The van der Waals surface area contributed by atoms with E-state index in [1.807, 2.05) is 6.07 Å². The summed E-state index contributed by atoms with van der Waals surface area (Å²) in [6.07, 6.45) is 0. The first-order chi connectivity index (χ1) is 5.77. The highest BCUT2D eigenvalue weighted by molar-refractivity contribution is 5.60. The number of aryl methyl sites for hydroxylation is 1. The van der Waals surface area contributed by atoms with E-state index in [-0.39, 0.29) is 0 Å². The molecule has 1 aliphatic heterocycles. The van der Waals surface area contributed by atoms with E-state index in [0.717, 1.165) is 5.69 Å². The molecule has 0 amide bonds. The van der Waals surface area contributed by atoms with E-state index in [1.54, 1.807) is 0 Å². The number of rotatable bonds is 0. The molecule has 2 nitrogen and oxygen atoms in total. The van der Waals surface area contributed by atoms with Gasteiger partial charge in [-0.05, 0) is 19.1 Å². The molecule has 0 fully saturated rings. The van der Waals surface area contributed by atoms with Gasteiger partial charge in [-0.15, -0.1) is 0 Å². The van der Waals surface area contributed by atoms with Crippen LogP contribution in [0, 0.1) is 6.92 Å². The number of fused-ring (bicyclic) bond motifs is 1. The van der Waals surface area contributed by atoms with Crippen LogP contribution in [0.3, 0.4) is 0 Å². The van der Waals surface area contributed by atoms with Crippen LogP contribution in [0.4, 0.5) is 5.69 Å². The van der Waals surface area contributed by atoms with Gasteiger partial charge < -0.3 is 10.1 Å². The molecule has 2 heteroatoms. The fourth-order valence-electron chi connectivity index (χ4n) is 1.37. The molecule has 0 spiro atoms. The third kappa shape index (κ3) is 1.05. The van der Waals surface area contributed by atoms with Crippen LogP contribution in [0.25, 0.3) is 0 Å². The Kier molecular flexibility index (Phi) is 1.54. The van der Waals surface area contributed by atoms with Crippen molar-refractivity contribution in [2.45, 2.75) is 13.5 Å². The molecular weight excluding hydrogens is 150 g/mol. The quantitative estimate of drug-likeness (QED) is 0.630. The highest BCUT2D eigenvalue weighted by Gasteiger charge is 2.12. The Balaban J connectivity index is 2.50. The molecule has 0 radical (unpaired) electrons. The molecule has 1 aromatic carbocycles. The van der Waals surface area contributed by atoms with Crippen LogP contribution in [-0.4, -0.2) is 0 Å². The van der Waals surface area contributed by atoms with E-state index in [9.17, 15) is 0 Å². The SMILES string of the molecule is C=C1Nc2c(C)cccc2CO1. The predicted octanol–water partition coefficient (Wildman–Crippen LogP) is 2.41. The van der Waals surface area contributed by atoms with Gasteiger partial charge in [0.15, 0.2) is 5.88 Å². The number of anilines is 1. The van der Waals surface area contributed by atoms with Gasteiger partial charge in [-0.2, -0.15) is 0 Å². The smallest absolute Gasteiger partial charge is 0.184 e. The lowest BCUT2D eigenvalue weighted by Crippen LogP contribution is -2.12. The lowest BCUT2D eigenvalue weighted by Gasteiger charge is -2.22. The largest absolute Gasteiger partial charge is 0.475 e. The molecule has 0 aromatic heterocycles. The Labute approximate surface area is 71.9 Å². The monoisotopic (exact) mass is 161 g/mol. The van der Waals surface area contributed by atoms with Crippen LogP contribution in [0.1, 0.15) is 11.1 Å². The minimum Gasteiger partial charge on any atom is -0.475 e. The van der Waals surface area contributed by atoms with Crippen LogP contribution in [-0.2, 0) is 11.3 Å². The van der Waals surface area contributed by atoms with E-state index in [4.69, 9.17) is 4.74 Å². The standard InChI is InChI=1S/C10H11NO/c1-7-4-3-5-9-6-12-8(2)11-10(7)9/h3-5,11H,2,6H2,1H3. The average molecular weight is 161 g/mol. The summed E-state index contributed by atoms with van der Waals surface area (Å²) < 4.78 is 5.25. The third-order valence-electron chi connectivity index (χ3n) is 2.03. The van der Waals surface area contributed by atoms with Crippen LogP contribution < -0.4 is 5.32 Å². The zero-order chi connectivity index (χ0) is 8.55. The lowest BCUT2D eigenvalue weighted by atomic mass is 10.1. The number of hydrogen-bond acceptors (Lipinski definition) is 2. The summed E-state index contributed by atoms with van der Waals surface area (Å²) in [4.78, 5) is 0. The van der Waals surface area contributed by atoms with Crippen LogP contribution >= 0.6 is 0 Å². The van der Waals surface area contributed by atoms with Gasteiger partial charge in [0.05, 0.1) is 5.69 Å². The van der Waals surface area contributed by atoms with Gasteiger partial charge in [0.2, 0.25) is 0 Å². The van der Waals surface area contributed by atoms with Gasteiger partial charge >= 0.3 is 0 Å². The number of ether oxygens (including phenoxy) is 1. The van der Waals surface area contributed by atoms with Gasteiger partial charge in [-0.25, -0.2) is 0 Å². The van der Waals surface area contributed by atoms with E-state index in [2.05, 4.69) is 31.0 Å². The highest BCUT2D eigenvalue weighted by Crippen LogP contribution is 2.26. The van der Waals surface area contributed by atoms with E-state index >= 15 is 0 Å². The normalized spacial score (nSPS) is 14.6. The maximum Gasteiger partial charge on any atom is 0.184 e. The molecule has 0 saturated carbocycles. The molecule has 0 bridgehead atoms. The van der Waals surface area contributed by atoms with E-state index < -0.39 is 0 Å². The minimum absolute atomic E-state index is 0.628. The topological polar surface area (TPSA) is 21.3 Å². The Hall–Kier alpha value is -1.44. The van der Waals surface area contributed by atoms with Gasteiger partial charge in [0.25, 0.3) is 0 Å². The second kappa shape index (κ2) is 2.55. The van der Waals surface area contributed by atoms with Crippen molar-refractivity contribution in [1.29, 1.82) is 0 Å². The Morgan fingerprint density at radius 1 is 1.50 bits per heavy atom. The Morgan fingerprint density at radius 3 is 3.17 bits per heavy atom. The molecule has 1 aliphatic rings. The Morgan fingerprint density at radius 2 is 2.33 bits per heavy atom. The van der Waals surface area contributed by atoms with Crippen molar-refractivity contribution < 1.29 is 4.74 Å². The molecular formula is C10H11NO. The maximum absolute atomic E-state index is 5.25. The summed E-state index contributed by atoms with van der Waals surface area (Å²) in [7, 11) is 0. The zero-order valence-corrected chi connectivity index (χ0v) is 7.05. The van der Waals surface area contributed by atoms with Gasteiger partial charge in [-0.1, -0.05) is 18.2 Å². The first kappa shape index (κ1) is 7.22. The van der Waals surface area contributed by atoms with Crippen molar-refractivity contribution in [3.8, 4) is 0 Å². The second-order valence-electron chi connectivity index (χ2n) is 2.95. The molecule has 2 rings (SSSR count). The third-order valence-corrected chi connectivity index (χ3v) is 2.03. The van der Waals surface area contributed by atoms with Crippen LogP contribution in [0.15, 0.2) is 30.7 Å². The summed E-state index contributed by atoms with van der Waals surface area (Å²) in [5.41, 5.74) is 3.58. The van der Waals surface area contributed by atoms with Gasteiger partial charge in [-0.3, -0.25) is 0 Å². The van der Waals surface area contributed by atoms with Crippen molar-refractivity contribution in [2.75, 3.05) is 5.32 Å². The van der Waals surface area contributed by atoms with Crippen LogP contribution in [0.5, 0.6) is 0 Å². The summed E-state index contributed by atoms with van der Waals surface area (Å²) in [5.74, 6) is 0.636. The first-order valence-electron chi connectivity index (χ1n) is 3.94. The van der Waals surface area contributed by atoms with E-state index in [0.29, 0.717) is 12.5 Å². The van der Waals surface area contributed by atoms with E-state index in [1.165, 1.54) is 11.1 Å². The highest BCUT2D eigenvalue weighted by atomic mass is 16.5. The zero-order valence-electron chi connectivity index (χ0n) is 7.05. The van der Waals surface area contributed by atoms with Crippen molar-refractivity contribution in [2.24, 2.45) is 0 Å². The lowest BCUT2D eigenvalue weighted by molar-refractivity contribution is 0.198. The number of para-hydroxylation sites is 1. The number of hydrogen-bond donors (Lipinski definition) is 1. The summed E-state index contributed by atoms with van der Waals surface area (Å²) >= 11 is 0. The fourth-order valence-corrected chi connectivity index (χ4v) is 1.37. The molecule has 1 heterocycles. The molecule has 62 valence electrons. The van der Waals surface area contributed by atoms with Crippen LogP contribution in [0.2, 0.25) is 0 Å². The second-order valence-corrected chi connectivity index (χ2v) is 2.95. The molecule has 0 atom stereocenters. The van der Waals surface area contributed by atoms with Crippen molar-refractivity contribution in [1.82, 2.24) is 0 Å². The first-order valence-corrected chi connectivity index (χ1v) is 3.94. The van der Waals surface area contributed by atoms with Gasteiger partial charge in [0, 0.05) is 5.56 Å². The Bertz CT molecular complexity index is 331. The number of nitrogens with one attached hydrogen (secondary N) is 1. The predicted molar refractivity (Wildman–Crippen MR) is 48.7 cm³/mol. The summed E-state index contributed by atoms with van der Waals surface area (Å²) in [5, 5.41) is 3.11. The summed E-state index contributed by atoms with van der Waals surface area (Å²) in [6, 6.07) is 6.17. The van der Waals surface area contributed by atoms with Crippen molar-refractivity contribution in [3.05, 3.63) is 41.8 Å². The molecule has 0 aliphatic carbocycles. The van der Waals surface area contributed by atoms with Crippen molar-refractivity contribution >= 4 is 5.69 Å².